The largest absolute Gasteiger partial charge is 0.386 e. The van der Waals surface area contributed by atoms with Crippen LogP contribution < -0.4 is 0 Å². The van der Waals surface area contributed by atoms with Gasteiger partial charge in [-0.25, -0.2) is 19.2 Å². The quantitative estimate of drug-likeness (QED) is 0.471. The smallest absolute Gasteiger partial charge is 0.347 e. The van der Waals surface area contributed by atoms with Crippen molar-refractivity contribution in [1.82, 2.24) is 0 Å². The van der Waals surface area contributed by atoms with Crippen molar-refractivity contribution < 1.29 is 28.7 Å². The van der Waals surface area contributed by atoms with Gasteiger partial charge in [0.05, 0.1) is 22.3 Å². The highest BCUT2D eigenvalue weighted by molar-refractivity contribution is 6.46. The number of carbonyl (C=O) groups excluding carboxylic acids is 4. The van der Waals surface area contributed by atoms with Crippen molar-refractivity contribution in [2.75, 3.05) is 0 Å². The van der Waals surface area contributed by atoms with Gasteiger partial charge in [0.2, 0.25) is 0 Å². The van der Waals surface area contributed by atoms with Crippen LogP contribution in [0.5, 0.6) is 0 Å². The van der Waals surface area contributed by atoms with E-state index in [0.29, 0.717) is 22.3 Å². The average molecular weight is 422 g/mol. The van der Waals surface area contributed by atoms with E-state index in [1.807, 2.05) is 0 Å². The summed E-state index contributed by atoms with van der Waals surface area (Å²) in [4.78, 5) is 49.9. The summed E-state index contributed by atoms with van der Waals surface area (Å²) in [6.07, 6.45) is 0. The second-order valence-electron chi connectivity index (χ2n) is 7.17. The molecule has 0 bridgehead atoms. The molecule has 3 aromatic carbocycles. The number of benzene rings is 3. The number of hydrogen-bond acceptors (Lipinski definition) is 6. The fourth-order valence-electron chi connectivity index (χ4n) is 3.87. The Morgan fingerprint density at radius 3 is 1.06 bits per heavy atom. The van der Waals surface area contributed by atoms with E-state index >= 15 is 0 Å². The van der Waals surface area contributed by atoms with Crippen LogP contribution in [0.25, 0.3) is 22.3 Å². The van der Waals surface area contributed by atoms with Gasteiger partial charge in [-0.3, -0.25) is 0 Å². The highest BCUT2D eigenvalue weighted by atomic mass is 16.6. The number of rotatable bonds is 4. The molecule has 0 amide bonds. The molecular formula is C26H14O6. The molecular weight excluding hydrogens is 408 g/mol. The summed E-state index contributed by atoms with van der Waals surface area (Å²) in [5.41, 5.74) is 2.37. The summed E-state index contributed by atoms with van der Waals surface area (Å²) in [6, 6.07) is 24.0. The summed E-state index contributed by atoms with van der Waals surface area (Å²) in [6.45, 7) is 0. The van der Waals surface area contributed by atoms with Gasteiger partial charge in [0.25, 0.3) is 0 Å². The molecule has 154 valence electrons. The Balaban J connectivity index is 1.70. The van der Waals surface area contributed by atoms with Crippen LogP contribution in [0.4, 0.5) is 0 Å². The molecule has 0 aliphatic carbocycles. The fraction of sp³-hybridized carbons (Fsp3) is 0. The van der Waals surface area contributed by atoms with Gasteiger partial charge in [0, 0.05) is 0 Å². The highest BCUT2D eigenvalue weighted by Crippen LogP contribution is 2.38. The number of esters is 4. The summed E-state index contributed by atoms with van der Waals surface area (Å²) in [5, 5.41) is 0. The van der Waals surface area contributed by atoms with Crippen LogP contribution in [-0.4, -0.2) is 23.9 Å². The molecule has 5 rings (SSSR count). The van der Waals surface area contributed by atoms with E-state index in [4.69, 9.17) is 9.47 Å². The molecule has 6 heteroatoms. The maximum atomic E-state index is 12.5. The van der Waals surface area contributed by atoms with Crippen LogP contribution in [-0.2, 0) is 28.7 Å². The van der Waals surface area contributed by atoms with Crippen molar-refractivity contribution >= 4 is 46.2 Å². The first-order valence-corrected chi connectivity index (χ1v) is 9.78. The van der Waals surface area contributed by atoms with Crippen LogP contribution in [0.1, 0.15) is 22.3 Å². The van der Waals surface area contributed by atoms with E-state index in [0.717, 1.165) is 0 Å². The second kappa shape index (κ2) is 7.59. The fourth-order valence-corrected chi connectivity index (χ4v) is 3.87. The molecule has 6 nitrogen and oxygen atoms in total. The van der Waals surface area contributed by atoms with Gasteiger partial charge in [0.15, 0.2) is 0 Å². The first-order valence-electron chi connectivity index (χ1n) is 9.78. The van der Waals surface area contributed by atoms with E-state index in [1.54, 1.807) is 84.9 Å². The molecule has 0 saturated carbocycles. The minimum atomic E-state index is -0.770. The molecule has 3 aromatic rings. The minimum Gasteiger partial charge on any atom is -0.386 e. The lowest BCUT2D eigenvalue weighted by molar-refractivity contribution is -0.151. The molecule has 0 aromatic heterocycles. The lowest BCUT2D eigenvalue weighted by atomic mass is 9.91. The third kappa shape index (κ3) is 3.15. The number of cyclic esters (lactones) is 4. The molecule has 0 atom stereocenters. The van der Waals surface area contributed by atoms with Crippen molar-refractivity contribution in [2.45, 2.75) is 0 Å². The van der Waals surface area contributed by atoms with Crippen LogP contribution >= 0.6 is 0 Å². The van der Waals surface area contributed by atoms with Gasteiger partial charge in [-0.05, 0) is 28.3 Å². The maximum absolute atomic E-state index is 12.5. The zero-order valence-electron chi connectivity index (χ0n) is 16.5. The minimum absolute atomic E-state index is 0.0996. The highest BCUT2D eigenvalue weighted by Gasteiger charge is 2.37. The molecule has 0 fully saturated rings. The van der Waals surface area contributed by atoms with Crippen LogP contribution in [0.2, 0.25) is 0 Å². The number of carbonyl (C=O) groups is 4. The summed E-state index contributed by atoms with van der Waals surface area (Å²) in [7, 11) is 0. The summed E-state index contributed by atoms with van der Waals surface area (Å²) < 4.78 is 9.76. The lowest BCUT2D eigenvalue weighted by Crippen LogP contribution is -2.03. The third-order valence-electron chi connectivity index (χ3n) is 5.25. The Labute approximate surface area is 182 Å². The van der Waals surface area contributed by atoms with Gasteiger partial charge in [-0.15, -0.1) is 0 Å². The molecule has 2 aliphatic heterocycles. The van der Waals surface area contributed by atoms with Crippen LogP contribution in [0.15, 0.2) is 84.9 Å². The van der Waals surface area contributed by atoms with E-state index in [2.05, 4.69) is 0 Å². The van der Waals surface area contributed by atoms with Gasteiger partial charge < -0.3 is 9.47 Å². The Kier molecular flexibility index (Phi) is 4.60. The number of ether oxygens (including phenoxy) is 2. The maximum Gasteiger partial charge on any atom is 0.347 e. The third-order valence-corrected chi connectivity index (χ3v) is 5.25. The van der Waals surface area contributed by atoms with Crippen molar-refractivity contribution in [1.29, 1.82) is 0 Å². The molecule has 0 radical (unpaired) electrons. The molecule has 32 heavy (non-hydrogen) atoms. The summed E-state index contributed by atoms with van der Waals surface area (Å²) >= 11 is 0. The van der Waals surface area contributed by atoms with E-state index in [1.165, 1.54) is 0 Å². The second-order valence-corrected chi connectivity index (χ2v) is 7.17. The Bertz CT molecular complexity index is 1260. The molecule has 0 N–H and O–H groups in total. The van der Waals surface area contributed by atoms with Gasteiger partial charge in [-0.2, -0.15) is 0 Å². The van der Waals surface area contributed by atoms with Crippen molar-refractivity contribution in [3.63, 3.8) is 0 Å². The van der Waals surface area contributed by atoms with Crippen molar-refractivity contribution in [2.24, 2.45) is 0 Å². The molecule has 2 aliphatic rings. The zero-order chi connectivity index (χ0) is 22.2. The van der Waals surface area contributed by atoms with Gasteiger partial charge in [-0.1, -0.05) is 78.9 Å². The van der Waals surface area contributed by atoms with Crippen LogP contribution in [0, 0.1) is 0 Å². The Morgan fingerprint density at radius 1 is 0.375 bits per heavy atom. The monoisotopic (exact) mass is 422 g/mol. The predicted molar refractivity (Wildman–Crippen MR) is 115 cm³/mol. The van der Waals surface area contributed by atoms with E-state index in [9.17, 15) is 19.2 Å². The van der Waals surface area contributed by atoms with Gasteiger partial charge in [0.1, 0.15) is 0 Å². The first kappa shape index (κ1) is 19.4. The van der Waals surface area contributed by atoms with Gasteiger partial charge >= 0.3 is 23.9 Å². The molecule has 0 unspecified atom stereocenters. The number of hydrogen-bond donors (Lipinski definition) is 0. The summed E-state index contributed by atoms with van der Waals surface area (Å²) in [5.74, 6) is -3.01. The van der Waals surface area contributed by atoms with E-state index < -0.39 is 23.9 Å². The first-order chi connectivity index (χ1) is 15.5. The van der Waals surface area contributed by atoms with Crippen molar-refractivity contribution in [3.05, 3.63) is 107 Å². The average Bonchev–Trinajstić information content (AvgIpc) is 3.28. The molecule has 0 spiro atoms. The SMILES string of the molecule is O=C1OC(=O)C(c2cccc(C3=C(c4ccccc4)C(=O)OC3=O)c2)=C1c1ccccc1. The predicted octanol–water partition coefficient (Wildman–Crippen LogP) is 3.68. The topological polar surface area (TPSA) is 86.7 Å². The normalized spacial score (nSPS) is 16.0. The Morgan fingerprint density at radius 2 is 0.688 bits per heavy atom. The molecule has 2 heterocycles. The van der Waals surface area contributed by atoms with Crippen molar-refractivity contribution in [3.8, 4) is 0 Å². The van der Waals surface area contributed by atoms with Crippen LogP contribution in [0.3, 0.4) is 0 Å². The molecule has 0 saturated heterocycles. The zero-order valence-corrected chi connectivity index (χ0v) is 16.5. The Hall–Kier alpha value is -4.58. The van der Waals surface area contributed by atoms with E-state index in [-0.39, 0.29) is 22.3 Å². The lowest BCUT2D eigenvalue weighted by Gasteiger charge is -2.07. The standard InChI is InChI=1S/C26H14O6/c27-23-19(15-8-3-1-4-9-15)21(25(29)31-23)17-12-7-13-18(14-17)22-20(24(28)32-26(22)30)16-10-5-2-6-11-16/h1-14H.